The maximum absolute atomic E-state index is 6.01. The van der Waals surface area contributed by atoms with E-state index in [4.69, 9.17) is 11.6 Å². The average Bonchev–Trinajstić information content (AvgIpc) is 2.93. The van der Waals surface area contributed by atoms with Crippen molar-refractivity contribution in [1.29, 1.82) is 0 Å². The summed E-state index contributed by atoms with van der Waals surface area (Å²) in [6.45, 7) is 6.83. The molecule has 2 aromatic rings. The largest absolute Gasteiger partial charge is 0.369 e. The summed E-state index contributed by atoms with van der Waals surface area (Å²) in [6, 6.07) is 5.75. The molecule has 0 saturated carbocycles. The van der Waals surface area contributed by atoms with E-state index in [1.807, 2.05) is 18.2 Å². The number of nitrogens with one attached hydrogen (secondary N) is 1. The van der Waals surface area contributed by atoms with Crippen molar-refractivity contribution in [3.8, 4) is 0 Å². The zero-order valence-corrected chi connectivity index (χ0v) is 13.1. The highest BCUT2D eigenvalue weighted by molar-refractivity contribution is 6.31. The third-order valence-corrected chi connectivity index (χ3v) is 4.30. The number of fused-ring (bicyclic) bond motifs is 1. The lowest BCUT2D eigenvalue weighted by molar-refractivity contribution is 0.327. The van der Waals surface area contributed by atoms with Crippen LogP contribution in [0.2, 0.25) is 5.02 Å². The summed E-state index contributed by atoms with van der Waals surface area (Å²) in [7, 11) is 0. The molecule has 1 atom stereocenters. The van der Waals surface area contributed by atoms with Gasteiger partial charge in [0.1, 0.15) is 12.1 Å². The molecule has 21 heavy (non-hydrogen) atoms. The third-order valence-electron chi connectivity index (χ3n) is 4.07. The fourth-order valence-electron chi connectivity index (χ4n) is 3.01. The first-order valence-electron chi connectivity index (χ1n) is 7.62. The van der Waals surface area contributed by atoms with Crippen LogP contribution in [0.4, 0.5) is 5.82 Å². The van der Waals surface area contributed by atoms with Gasteiger partial charge in [0, 0.05) is 23.5 Å². The van der Waals surface area contributed by atoms with Crippen LogP contribution in [0.25, 0.3) is 10.9 Å². The maximum atomic E-state index is 6.01. The van der Waals surface area contributed by atoms with Gasteiger partial charge in [-0.1, -0.05) is 18.5 Å². The Kier molecular flexibility index (Phi) is 4.56. The van der Waals surface area contributed by atoms with Crippen LogP contribution in [-0.2, 0) is 0 Å². The Balaban J connectivity index is 1.66. The smallest absolute Gasteiger partial charge is 0.137 e. The number of nitrogens with zero attached hydrogens (tertiary/aromatic N) is 3. The second-order valence-electron chi connectivity index (χ2n) is 5.72. The molecular weight excluding hydrogens is 284 g/mol. The van der Waals surface area contributed by atoms with Gasteiger partial charge in [-0.05, 0) is 50.0 Å². The molecule has 0 bridgehead atoms. The van der Waals surface area contributed by atoms with Gasteiger partial charge in [0.2, 0.25) is 0 Å². The van der Waals surface area contributed by atoms with Crippen molar-refractivity contribution in [3.63, 3.8) is 0 Å². The molecule has 1 aromatic carbocycles. The molecule has 5 heteroatoms. The van der Waals surface area contributed by atoms with Crippen LogP contribution < -0.4 is 5.32 Å². The minimum atomic E-state index is 0.703. The van der Waals surface area contributed by atoms with Gasteiger partial charge in [-0.15, -0.1) is 0 Å². The molecule has 1 unspecified atom stereocenters. The normalized spacial score (nSPS) is 19.2. The highest BCUT2D eigenvalue weighted by Gasteiger charge is 2.21. The van der Waals surface area contributed by atoms with E-state index in [-0.39, 0.29) is 0 Å². The first-order valence-corrected chi connectivity index (χ1v) is 8.00. The summed E-state index contributed by atoms with van der Waals surface area (Å²) in [6.07, 6.45) is 4.10. The van der Waals surface area contributed by atoms with Gasteiger partial charge < -0.3 is 10.2 Å². The quantitative estimate of drug-likeness (QED) is 0.919. The van der Waals surface area contributed by atoms with Crippen LogP contribution in [0.15, 0.2) is 24.5 Å². The van der Waals surface area contributed by atoms with Gasteiger partial charge >= 0.3 is 0 Å². The summed E-state index contributed by atoms with van der Waals surface area (Å²) in [5.74, 6) is 1.61. The number of halogens is 1. The van der Waals surface area contributed by atoms with E-state index in [1.54, 1.807) is 6.33 Å². The minimum Gasteiger partial charge on any atom is -0.369 e. The first kappa shape index (κ1) is 14.5. The first-order chi connectivity index (χ1) is 10.3. The predicted molar refractivity (Wildman–Crippen MR) is 87.9 cm³/mol. The molecule has 0 spiro atoms. The van der Waals surface area contributed by atoms with Crippen LogP contribution in [0.3, 0.4) is 0 Å². The lowest BCUT2D eigenvalue weighted by atomic mass is 10.1. The highest BCUT2D eigenvalue weighted by atomic mass is 35.5. The molecule has 1 N–H and O–H groups in total. The lowest BCUT2D eigenvalue weighted by Crippen LogP contribution is -2.23. The van der Waals surface area contributed by atoms with E-state index in [2.05, 4.69) is 27.1 Å². The lowest BCUT2D eigenvalue weighted by Gasteiger charge is -2.15. The number of hydrogen-bond donors (Lipinski definition) is 1. The fraction of sp³-hybridized carbons (Fsp3) is 0.500. The monoisotopic (exact) mass is 304 g/mol. The predicted octanol–water partition coefficient (Wildman–Crippen LogP) is 3.43. The molecule has 0 aliphatic carbocycles. The number of likely N-dealkylation sites (tertiary alicyclic amines) is 1. The Hall–Kier alpha value is -1.39. The Morgan fingerprint density at radius 2 is 2.29 bits per heavy atom. The fourth-order valence-corrected chi connectivity index (χ4v) is 3.18. The zero-order chi connectivity index (χ0) is 14.7. The van der Waals surface area contributed by atoms with E-state index in [0.717, 1.165) is 23.3 Å². The van der Waals surface area contributed by atoms with E-state index < -0.39 is 0 Å². The Morgan fingerprint density at radius 1 is 1.38 bits per heavy atom. The van der Waals surface area contributed by atoms with Crippen LogP contribution in [-0.4, -0.2) is 41.0 Å². The van der Waals surface area contributed by atoms with Crippen molar-refractivity contribution >= 4 is 28.3 Å². The average molecular weight is 305 g/mol. The Labute approximate surface area is 130 Å². The van der Waals surface area contributed by atoms with Crippen molar-refractivity contribution in [2.24, 2.45) is 5.92 Å². The van der Waals surface area contributed by atoms with Gasteiger partial charge in [0.25, 0.3) is 0 Å². The maximum Gasteiger partial charge on any atom is 0.137 e. The molecule has 1 aromatic heterocycles. The molecule has 2 heterocycles. The van der Waals surface area contributed by atoms with Crippen molar-refractivity contribution in [2.75, 3.05) is 31.5 Å². The summed E-state index contributed by atoms with van der Waals surface area (Å²) >= 11 is 6.01. The van der Waals surface area contributed by atoms with Gasteiger partial charge in [-0.3, -0.25) is 0 Å². The molecule has 3 rings (SSSR count). The number of hydrogen-bond acceptors (Lipinski definition) is 4. The van der Waals surface area contributed by atoms with E-state index >= 15 is 0 Å². The number of anilines is 1. The van der Waals surface area contributed by atoms with E-state index in [0.29, 0.717) is 10.9 Å². The van der Waals surface area contributed by atoms with Crippen molar-refractivity contribution in [2.45, 2.75) is 19.8 Å². The summed E-state index contributed by atoms with van der Waals surface area (Å²) in [5, 5.41) is 5.23. The molecule has 1 aliphatic rings. The van der Waals surface area contributed by atoms with E-state index in [1.165, 1.54) is 32.5 Å². The van der Waals surface area contributed by atoms with Crippen LogP contribution in [0.5, 0.6) is 0 Å². The molecule has 112 valence electrons. The number of rotatable bonds is 5. The second-order valence-corrected chi connectivity index (χ2v) is 6.16. The zero-order valence-electron chi connectivity index (χ0n) is 12.3. The Bertz CT molecular complexity index is 616. The summed E-state index contributed by atoms with van der Waals surface area (Å²) in [4.78, 5) is 11.2. The number of benzene rings is 1. The van der Waals surface area contributed by atoms with Gasteiger partial charge in [0.15, 0.2) is 0 Å². The van der Waals surface area contributed by atoms with Gasteiger partial charge in [-0.25, -0.2) is 9.97 Å². The molecule has 4 nitrogen and oxygen atoms in total. The van der Waals surface area contributed by atoms with E-state index in [9.17, 15) is 0 Å². The van der Waals surface area contributed by atoms with Crippen LogP contribution in [0, 0.1) is 5.92 Å². The van der Waals surface area contributed by atoms with Crippen molar-refractivity contribution in [3.05, 3.63) is 29.5 Å². The summed E-state index contributed by atoms with van der Waals surface area (Å²) in [5.41, 5.74) is 0.888. The second kappa shape index (κ2) is 6.58. The summed E-state index contributed by atoms with van der Waals surface area (Å²) < 4.78 is 0. The van der Waals surface area contributed by atoms with Crippen LogP contribution in [0.1, 0.15) is 19.8 Å². The number of aromatic nitrogens is 2. The standard InChI is InChI=1S/C16H21ClN4/c1-2-6-21-7-5-12(10-21)9-18-16-14-4-3-13(17)8-15(14)19-11-20-16/h3-4,8,11-12H,2,5-7,9-10H2,1H3,(H,18,19,20). The van der Waals surface area contributed by atoms with Crippen molar-refractivity contribution in [1.82, 2.24) is 14.9 Å². The van der Waals surface area contributed by atoms with Gasteiger partial charge in [-0.2, -0.15) is 0 Å². The SMILES string of the molecule is CCCN1CCC(CNc2ncnc3cc(Cl)ccc23)C1. The molecule has 1 fully saturated rings. The topological polar surface area (TPSA) is 41.0 Å². The van der Waals surface area contributed by atoms with Gasteiger partial charge in [0.05, 0.1) is 5.52 Å². The minimum absolute atomic E-state index is 0.703. The molecule has 1 aliphatic heterocycles. The molecule has 0 radical (unpaired) electrons. The van der Waals surface area contributed by atoms with Crippen molar-refractivity contribution < 1.29 is 0 Å². The molecular formula is C16H21ClN4. The molecule has 1 saturated heterocycles. The van der Waals surface area contributed by atoms with Crippen LogP contribution >= 0.6 is 11.6 Å². The Morgan fingerprint density at radius 3 is 3.14 bits per heavy atom. The third kappa shape index (κ3) is 3.44. The molecule has 0 amide bonds. The highest BCUT2D eigenvalue weighted by Crippen LogP contribution is 2.23.